The van der Waals surface area contributed by atoms with E-state index < -0.39 is 17.5 Å². The highest BCUT2D eigenvalue weighted by molar-refractivity contribution is 7.14. The smallest absolute Gasteiger partial charge is 0.323 e. The summed E-state index contributed by atoms with van der Waals surface area (Å²) < 4.78 is 0. The number of hydrogen-bond acceptors (Lipinski definition) is 5. The highest BCUT2D eigenvalue weighted by Gasteiger charge is 2.55. The fraction of sp³-hybridized carbons (Fsp3) is 0.478. The van der Waals surface area contributed by atoms with Crippen LogP contribution in [0.25, 0.3) is 11.3 Å². The molecule has 1 spiro atoms. The SMILES string of the molecule is CC1CCCCC12NC(=O)N(CC(=O)Nc1nc(-c3ccc4c(c3)CCC4)cs1)C2=O. The lowest BCUT2D eigenvalue weighted by atomic mass is 9.73. The first-order valence-corrected chi connectivity index (χ1v) is 11.9. The zero-order valence-electron chi connectivity index (χ0n) is 17.6. The summed E-state index contributed by atoms with van der Waals surface area (Å²) in [6.45, 7) is 1.70. The quantitative estimate of drug-likeness (QED) is 0.712. The Bertz CT molecular complexity index is 1060. The first kappa shape index (κ1) is 20.2. The van der Waals surface area contributed by atoms with Crippen molar-refractivity contribution in [3.8, 4) is 11.3 Å². The van der Waals surface area contributed by atoms with Crippen molar-refractivity contribution >= 4 is 34.3 Å². The van der Waals surface area contributed by atoms with Gasteiger partial charge in [-0.05, 0) is 55.2 Å². The van der Waals surface area contributed by atoms with Crippen LogP contribution in [0.3, 0.4) is 0 Å². The van der Waals surface area contributed by atoms with E-state index in [1.165, 1.54) is 28.9 Å². The van der Waals surface area contributed by atoms with E-state index in [4.69, 9.17) is 0 Å². The van der Waals surface area contributed by atoms with E-state index in [1.54, 1.807) is 0 Å². The third-order valence-corrected chi connectivity index (χ3v) is 7.71. The molecule has 4 amide bonds. The van der Waals surface area contributed by atoms with Gasteiger partial charge in [-0.25, -0.2) is 9.78 Å². The Morgan fingerprint density at radius 2 is 2.10 bits per heavy atom. The molecule has 2 unspecified atom stereocenters. The number of nitrogens with zero attached hydrogens (tertiary/aromatic N) is 2. The number of aromatic nitrogens is 1. The van der Waals surface area contributed by atoms with Crippen LogP contribution >= 0.6 is 11.3 Å². The molecule has 2 atom stereocenters. The summed E-state index contributed by atoms with van der Waals surface area (Å²) in [6.07, 6.45) is 6.92. The summed E-state index contributed by atoms with van der Waals surface area (Å²) in [4.78, 5) is 43.7. The average Bonchev–Trinajstić information content (AvgIpc) is 3.46. The van der Waals surface area contributed by atoms with Crippen molar-refractivity contribution in [3.63, 3.8) is 0 Å². The summed E-state index contributed by atoms with van der Waals surface area (Å²) in [7, 11) is 0. The van der Waals surface area contributed by atoms with Crippen LogP contribution in [0.5, 0.6) is 0 Å². The third kappa shape index (κ3) is 3.52. The van der Waals surface area contributed by atoms with Crippen molar-refractivity contribution in [2.75, 3.05) is 11.9 Å². The molecule has 2 heterocycles. The van der Waals surface area contributed by atoms with Gasteiger partial charge in [0.15, 0.2) is 5.13 Å². The van der Waals surface area contributed by atoms with E-state index >= 15 is 0 Å². The first-order chi connectivity index (χ1) is 15.0. The fourth-order valence-corrected chi connectivity index (χ4v) is 5.87. The molecule has 7 nitrogen and oxygen atoms in total. The normalized spacial score (nSPS) is 25.1. The topological polar surface area (TPSA) is 91.4 Å². The Kier molecular flexibility index (Phi) is 5.04. The van der Waals surface area contributed by atoms with Gasteiger partial charge < -0.3 is 10.6 Å². The molecule has 162 valence electrons. The molecule has 3 aliphatic rings. The Morgan fingerprint density at radius 1 is 1.26 bits per heavy atom. The molecule has 2 fully saturated rings. The minimum Gasteiger partial charge on any atom is -0.323 e. The molecule has 0 radical (unpaired) electrons. The van der Waals surface area contributed by atoms with Crippen molar-refractivity contribution in [2.24, 2.45) is 5.92 Å². The van der Waals surface area contributed by atoms with Gasteiger partial charge in [-0.15, -0.1) is 11.3 Å². The fourth-order valence-electron chi connectivity index (χ4n) is 5.14. The van der Waals surface area contributed by atoms with Gasteiger partial charge in [0.1, 0.15) is 12.1 Å². The molecule has 31 heavy (non-hydrogen) atoms. The van der Waals surface area contributed by atoms with Crippen LogP contribution in [0.2, 0.25) is 0 Å². The van der Waals surface area contributed by atoms with Crippen molar-refractivity contribution in [3.05, 3.63) is 34.7 Å². The van der Waals surface area contributed by atoms with Crippen LogP contribution < -0.4 is 10.6 Å². The number of fused-ring (bicyclic) bond motifs is 1. The molecule has 0 bridgehead atoms. The van der Waals surface area contributed by atoms with E-state index in [2.05, 4.69) is 33.8 Å². The monoisotopic (exact) mass is 438 g/mol. The number of hydrogen-bond donors (Lipinski definition) is 2. The minimum atomic E-state index is -0.850. The number of nitrogens with one attached hydrogen (secondary N) is 2. The molecule has 1 saturated heterocycles. The number of urea groups is 1. The van der Waals surface area contributed by atoms with Crippen LogP contribution in [-0.4, -0.2) is 39.8 Å². The third-order valence-electron chi connectivity index (χ3n) is 6.95. The molecule has 1 aromatic carbocycles. The van der Waals surface area contributed by atoms with E-state index in [1.807, 2.05) is 12.3 Å². The van der Waals surface area contributed by atoms with Gasteiger partial charge >= 0.3 is 6.03 Å². The van der Waals surface area contributed by atoms with Crippen LogP contribution in [0, 0.1) is 5.92 Å². The van der Waals surface area contributed by atoms with Crippen molar-refractivity contribution in [1.82, 2.24) is 15.2 Å². The van der Waals surface area contributed by atoms with Gasteiger partial charge in [0.05, 0.1) is 5.69 Å². The van der Waals surface area contributed by atoms with E-state index in [0.717, 1.165) is 48.3 Å². The summed E-state index contributed by atoms with van der Waals surface area (Å²) in [5.41, 5.74) is 3.80. The van der Waals surface area contributed by atoms with Crippen LogP contribution in [0.1, 0.15) is 50.2 Å². The number of carbonyl (C=O) groups excluding carboxylic acids is 3. The predicted octanol–water partition coefficient (Wildman–Crippen LogP) is 3.74. The number of amides is 4. The average molecular weight is 439 g/mol. The van der Waals surface area contributed by atoms with Gasteiger partial charge in [0.25, 0.3) is 5.91 Å². The largest absolute Gasteiger partial charge is 0.325 e. The van der Waals surface area contributed by atoms with E-state index in [0.29, 0.717) is 11.6 Å². The Hall–Kier alpha value is -2.74. The predicted molar refractivity (Wildman–Crippen MR) is 119 cm³/mol. The lowest BCUT2D eigenvalue weighted by Crippen LogP contribution is -2.54. The molecule has 5 rings (SSSR count). The molecule has 1 aromatic heterocycles. The number of carbonyl (C=O) groups is 3. The number of rotatable bonds is 4. The first-order valence-electron chi connectivity index (χ1n) is 11.0. The highest BCUT2D eigenvalue weighted by Crippen LogP contribution is 2.38. The zero-order chi connectivity index (χ0) is 21.6. The number of imide groups is 1. The second-order valence-corrected chi connectivity index (χ2v) is 9.72. The molecular formula is C23H26N4O3S. The Labute approximate surface area is 185 Å². The maximum Gasteiger partial charge on any atom is 0.325 e. The van der Waals surface area contributed by atoms with Crippen molar-refractivity contribution < 1.29 is 14.4 Å². The number of thiazole rings is 1. The van der Waals surface area contributed by atoms with Crippen molar-refractivity contribution in [1.29, 1.82) is 0 Å². The summed E-state index contributed by atoms with van der Waals surface area (Å²) in [5, 5.41) is 8.01. The van der Waals surface area contributed by atoms with Crippen molar-refractivity contribution in [2.45, 2.75) is 57.4 Å². The Balaban J connectivity index is 1.25. The lowest BCUT2D eigenvalue weighted by molar-refractivity contribution is -0.136. The van der Waals surface area contributed by atoms with Gasteiger partial charge in [0, 0.05) is 10.9 Å². The van der Waals surface area contributed by atoms with Gasteiger partial charge in [-0.2, -0.15) is 0 Å². The minimum absolute atomic E-state index is 0.0691. The molecule has 8 heteroatoms. The maximum absolute atomic E-state index is 13.0. The summed E-state index contributed by atoms with van der Waals surface area (Å²) >= 11 is 1.34. The molecule has 2 N–H and O–H groups in total. The lowest BCUT2D eigenvalue weighted by Gasteiger charge is -2.36. The van der Waals surface area contributed by atoms with E-state index in [9.17, 15) is 14.4 Å². The second-order valence-electron chi connectivity index (χ2n) is 8.86. The van der Waals surface area contributed by atoms with Gasteiger partial charge in [-0.1, -0.05) is 31.9 Å². The number of anilines is 1. The standard InChI is InChI=1S/C23H26N4O3S/c1-14-5-2-3-10-23(14)20(29)27(22(30)26-23)12-19(28)25-21-24-18(13-31-21)17-9-8-15-6-4-7-16(15)11-17/h8-9,11,13-14H,2-7,10,12H2,1H3,(H,26,30)(H,24,25,28). The molecule has 2 aliphatic carbocycles. The summed E-state index contributed by atoms with van der Waals surface area (Å²) in [6, 6.07) is 5.94. The number of benzene rings is 1. The molecule has 1 aliphatic heterocycles. The second kappa shape index (κ2) is 7.75. The number of aryl methyl sites for hydroxylation is 2. The Morgan fingerprint density at radius 3 is 2.94 bits per heavy atom. The van der Waals surface area contributed by atoms with Gasteiger partial charge in [-0.3, -0.25) is 14.5 Å². The van der Waals surface area contributed by atoms with Crippen LogP contribution in [-0.2, 0) is 22.4 Å². The van der Waals surface area contributed by atoms with E-state index in [-0.39, 0.29) is 18.4 Å². The molecular weight excluding hydrogens is 412 g/mol. The molecule has 2 aromatic rings. The summed E-state index contributed by atoms with van der Waals surface area (Å²) in [5.74, 6) is -0.628. The highest BCUT2D eigenvalue weighted by atomic mass is 32.1. The maximum atomic E-state index is 13.0. The van der Waals surface area contributed by atoms with Crippen LogP contribution in [0.15, 0.2) is 23.6 Å². The van der Waals surface area contributed by atoms with Crippen LogP contribution in [0.4, 0.5) is 9.93 Å². The molecule has 1 saturated carbocycles. The van der Waals surface area contributed by atoms with Gasteiger partial charge in [0.2, 0.25) is 5.91 Å². The zero-order valence-corrected chi connectivity index (χ0v) is 18.4.